The Morgan fingerprint density at radius 2 is 1.66 bits per heavy atom. The van der Waals surface area contributed by atoms with Crippen molar-refractivity contribution in [1.82, 2.24) is 10.3 Å². The van der Waals surface area contributed by atoms with Crippen LogP contribution >= 0.6 is 27.3 Å². The molecule has 1 aromatic heterocycles. The Labute approximate surface area is 231 Å². The van der Waals surface area contributed by atoms with Crippen LogP contribution in [0.5, 0.6) is 5.75 Å². The molecule has 12 heteroatoms. The maximum Gasteiger partial charge on any atom is 0.272 e. The van der Waals surface area contributed by atoms with Crippen molar-refractivity contribution in [2.75, 3.05) is 17.1 Å². The molecule has 4 rings (SSSR count). The summed E-state index contributed by atoms with van der Waals surface area (Å²) in [5.74, 6) is -0.482. The number of anilines is 2. The number of rotatable bonds is 9. The molecule has 38 heavy (non-hydrogen) atoms. The first-order valence-electron chi connectivity index (χ1n) is 11.0. The molecule has 0 aliphatic rings. The maximum atomic E-state index is 13.2. The Hall–Kier alpha value is -4.00. The molecule has 4 aromatic rings. The van der Waals surface area contributed by atoms with Gasteiger partial charge in [-0.15, -0.1) is 11.3 Å². The number of carbonyl (C=O) groups is 2. The highest BCUT2D eigenvalue weighted by atomic mass is 79.9. The number of amides is 2. The lowest BCUT2D eigenvalue weighted by Gasteiger charge is -2.12. The fourth-order valence-corrected chi connectivity index (χ4v) is 5.24. The van der Waals surface area contributed by atoms with Crippen LogP contribution in [-0.2, 0) is 14.8 Å². The van der Waals surface area contributed by atoms with Crippen LogP contribution in [0.2, 0.25) is 0 Å². The summed E-state index contributed by atoms with van der Waals surface area (Å²) in [6.07, 6.45) is 3.04. The van der Waals surface area contributed by atoms with Crippen molar-refractivity contribution >= 4 is 66.0 Å². The van der Waals surface area contributed by atoms with Gasteiger partial charge in [-0.25, -0.2) is 13.4 Å². The summed E-state index contributed by atoms with van der Waals surface area (Å²) in [7, 11) is -2.31. The van der Waals surface area contributed by atoms with Gasteiger partial charge in [-0.2, -0.15) is 0 Å². The molecule has 0 saturated carbocycles. The molecule has 0 atom stereocenters. The van der Waals surface area contributed by atoms with E-state index in [1.54, 1.807) is 47.9 Å². The van der Waals surface area contributed by atoms with Crippen molar-refractivity contribution in [2.45, 2.75) is 4.90 Å². The Kier molecular flexibility index (Phi) is 8.56. The van der Waals surface area contributed by atoms with Crippen LogP contribution in [0.1, 0.15) is 15.9 Å². The molecule has 0 fully saturated rings. The predicted molar refractivity (Wildman–Crippen MR) is 151 cm³/mol. The Balaban J connectivity index is 1.53. The van der Waals surface area contributed by atoms with E-state index in [1.807, 2.05) is 12.1 Å². The van der Waals surface area contributed by atoms with E-state index in [9.17, 15) is 18.0 Å². The first-order chi connectivity index (χ1) is 18.2. The number of carbonyl (C=O) groups excluding carboxylic acids is 2. The zero-order chi connectivity index (χ0) is 27.1. The second-order valence-corrected chi connectivity index (χ2v) is 11.2. The van der Waals surface area contributed by atoms with Crippen molar-refractivity contribution in [3.8, 4) is 5.75 Å². The minimum Gasteiger partial charge on any atom is -0.497 e. The highest BCUT2D eigenvalue weighted by molar-refractivity contribution is 9.10. The van der Waals surface area contributed by atoms with E-state index < -0.39 is 21.8 Å². The summed E-state index contributed by atoms with van der Waals surface area (Å²) in [6, 6.07) is 19.3. The van der Waals surface area contributed by atoms with Gasteiger partial charge in [-0.3, -0.25) is 14.3 Å². The highest BCUT2D eigenvalue weighted by Crippen LogP contribution is 2.20. The van der Waals surface area contributed by atoms with E-state index in [0.717, 1.165) is 15.8 Å². The molecule has 0 aliphatic heterocycles. The Morgan fingerprint density at radius 1 is 0.974 bits per heavy atom. The molecule has 9 nitrogen and oxygen atoms in total. The third kappa shape index (κ3) is 7.06. The molecular formula is C26H21BrN4O5S2. The van der Waals surface area contributed by atoms with E-state index in [4.69, 9.17) is 4.74 Å². The van der Waals surface area contributed by atoms with Crippen LogP contribution < -0.4 is 20.1 Å². The third-order valence-electron chi connectivity index (χ3n) is 5.10. The molecular weight excluding hydrogens is 592 g/mol. The molecule has 0 unspecified atom stereocenters. The van der Waals surface area contributed by atoms with Gasteiger partial charge in [0, 0.05) is 27.3 Å². The second kappa shape index (κ2) is 12.0. The van der Waals surface area contributed by atoms with E-state index in [2.05, 4.69) is 36.3 Å². The number of hydrogen-bond acceptors (Lipinski definition) is 7. The van der Waals surface area contributed by atoms with Crippen molar-refractivity contribution in [3.63, 3.8) is 0 Å². The minimum absolute atomic E-state index is 0.00383. The molecule has 2 amide bonds. The number of thiazole rings is 1. The van der Waals surface area contributed by atoms with Crippen molar-refractivity contribution in [3.05, 3.63) is 106 Å². The van der Waals surface area contributed by atoms with Crippen LogP contribution in [0, 0.1) is 0 Å². The molecule has 0 saturated heterocycles. The smallest absolute Gasteiger partial charge is 0.272 e. The second-order valence-electron chi connectivity index (χ2n) is 7.71. The van der Waals surface area contributed by atoms with Crippen LogP contribution in [0.15, 0.2) is 99.4 Å². The number of methoxy groups -OCH3 is 1. The number of ether oxygens (including phenoxy) is 1. The summed E-state index contributed by atoms with van der Waals surface area (Å²) >= 11 is 4.53. The first-order valence-corrected chi connectivity index (χ1v) is 14.2. The molecule has 0 bridgehead atoms. The summed E-state index contributed by atoms with van der Waals surface area (Å²) in [6.45, 7) is 0. The van der Waals surface area contributed by atoms with Crippen LogP contribution in [0.25, 0.3) is 6.08 Å². The monoisotopic (exact) mass is 612 g/mol. The largest absolute Gasteiger partial charge is 0.497 e. The highest BCUT2D eigenvalue weighted by Gasteiger charge is 2.18. The zero-order valence-corrected chi connectivity index (χ0v) is 23.1. The van der Waals surface area contributed by atoms with Gasteiger partial charge in [0.25, 0.3) is 21.8 Å². The Morgan fingerprint density at radius 3 is 2.26 bits per heavy atom. The van der Waals surface area contributed by atoms with Crippen LogP contribution in [0.3, 0.4) is 0 Å². The lowest BCUT2D eigenvalue weighted by molar-refractivity contribution is -0.113. The number of sulfonamides is 1. The summed E-state index contributed by atoms with van der Waals surface area (Å²) < 4.78 is 33.5. The van der Waals surface area contributed by atoms with Crippen LogP contribution in [-0.4, -0.2) is 32.3 Å². The molecule has 0 aliphatic carbocycles. The van der Waals surface area contributed by atoms with Gasteiger partial charge >= 0.3 is 0 Å². The van der Waals surface area contributed by atoms with Gasteiger partial charge in [-0.1, -0.05) is 28.1 Å². The fraction of sp³-hybridized carbons (Fsp3) is 0.0385. The standard InChI is InChI=1S/C26H21BrN4O5S2/c1-36-21-10-4-18(5-11-21)24(32)30-23(16-17-2-6-19(27)7-3-17)25(33)29-20-8-12-22(13-9-20)38(34,35)31-26-28-14-15-37-26/h2-16H,1H3,(H,28,31)(H,29,33)(H,30,32). The summed E-state index contributed by atoms with van der Waals surface area (Å²) in [4.78, 5) is 30.0. The van der Waals surface area contributed by atoms with Gasteiger partial charge in [0.15, 0.2) is 5.13 Å². The minimum atomic E-state index is -3.84. The van der Waals surface area contributed by atoms with Gasteiger partial charge < -0.3 is 15.4 Å². The Bertz CT molecular complexity index is 1550. The molecule has 0 spiro atoms. The van der Waals surface area contributed by atoms with Gasteiger partial charge in [0.2, 0.25) is 0 Å². The van der Waals surface area contributed by atoms with Crippen molar-refractivity contribution < 1.29 is 22.7 Å². The average Bonchev–Trinajstić information content (AvgIpc) is 3.42. The van der Waals surface area contributed by atoms with E-state index in [-0.39, 0.29) is 15.7 Å². The maximum absolute atomic E-state index is 13.2. The number of halogens is 1. The quantitative estimate of drug-likeness (QED) is 0.225. The number of benzene rings is 3. The molecule has 0 radical (unpaired) electrons. The normalized spacial score (nSPS) is 11.5. The number of hydrogen-bond donors (Lipinski definition) is 3. The van der Waals surface area contributed by atoms with Crippen molar-refractivity contribution in [1.29, 1.82) is 0 Å². The SMILES string of the molecule is COc1ccc(C(=O)NC(=Cc2ccc(Br)cc2)C(=O)Nc2ccc(S(=O)(=O)Nc3nccs3)cc2)cc1. The van der Waals surface area contributed by atoms with E-state index in [1.165, 1.54) is 37.6 Å². The number of nitrogens with one attached hydrogen (secondary N) is 3. The topological polar surface area (TPSA) is 126 Å². The first kappa shape index (κ1) is 27.0. The summed E-state index contributed by atoms with van der Waals surface area (Å²) in [5.41, 5.74) is 1.35. The third-order valence-corrected chi connectivity index (χ3v) is 7.80. The van der Waals surface area contributed by atoms with Gasteiger partial charge in [0.05, 0.1) is 12.0 Å². The fourth-order valence-electron chi connectivity index (χ4n) is 3.18. The summed E-state index contributed by atoms with van der Waals surface area (Å²) in [5, 5.41) is 7.26. The van der Waals surface area contributed by atoms with Crippen LogP contribution in [0.4, 0.5) is 10.8 Å². The lowest BCUT2D eigenvalue weighted by atomic mass is 10.1. The average molecular weight is 614 g/mol. The molecule has 3 aromatic carbocycles. The van der Waals surface area contributed by atoms with E-state index in [0.29, 0.717) is 22.6 Å². The molecule has 1 heterocycles. The molecule has 194 valence electrons. The number of nitrogens with zero attached hydrogens (tertiary/aromatic N) is 1. The van der Waals surface area contributed by atoms with Gasteiger partial charge in [0.1, 0.15) is 11.4 Å². The van der Waals surface area contributed by atoms with Crippen molar-refractivity contribution in [2.24, 2.45) is 0 Å². The van der Waals surface area contributed by atoms with Gasteiger partial charge in [-0.05, 0) is 72.3 Å². The number of aromatic nitrogens is 1. The lowest BCUT2D eigenvalue weighted by Crippen LogP contribution is -2.30. The molecule has 3 N–H and O–H groups in total. The zero-order valence-electron chi connectivity index (χ0n) is 19.8. The predicted octanol–water partition coefficient (Wildman–Crippen LogP) is 5.12. The van der Waals surface area contributed by atoms with E-state index >= 15 is 0 Å².